The maximum Gasteiger partial charge on any atom is 0.331 e. The first-order valence-corrected chi connectivity index (χ1v) is 6.34. The van der Waals surface area contributed by atoms with Crippen molar-refractivity contribution in [1.29, 1.82) is 0 Å². The predicted octanol–water partition coefficient (Wildman–Crippen LogP) is 0.133. The summed E-state index contributed by atoms with van der Waals surface area (Å²) in [4.78, 5) is 18.1. The van der Waals surface area contributed by atoms with Gasteiger partial charge in [-0.3, -0.25) is 4.57 Å². The van der Waals surface area contributed by atoms with Crippen LogP contribution in [0, 0.1) is 0 Å². The number of hydrogen-bond donors (Lipinski definition) is 3. The topological polar surface area (TPSA) is 93.5 Å². The average molecular weight is 223 g/mol. The smallest absolute Gasteiger partial charge is 0.331 e. The Balaban J connectivity index is 2.08. The van der Waals surface area contributed by atoms with E-state index in [-0.39, 0.29) is 0 Å². The van der Waals surface area contributed by atoms with Crippen LogP contribution in [0.25, 0.3) is 0 Å². The van der Waals surface area contributed by atoms with Gasteiger partial charge < -0.3 is 19.7 Å². The Labute approximate surface area is 81.6 Å². The van der Waals surface area contributed by atoms with E-state index in [2.05, 4.69) is 0 Å². The summed E-state index contributed by atoms with van der Waals surface area (Å²) >= 11 is 0. The molecule has 2 rings (SSSR count). The van der Waals surface area contributed by atoms with Crippen LogP contribution in [0.1, 0.15) is 19.3 Å². The predicted molar refractivity (Wildman–Crippen MR) is 46.8 cm³/mol. The van der Waals surface area contributed by atoms with E-state index in [1.165, 1.54) is 0 Å². The molecular formula is C7H14NO5P. The van der Waals surface area contributed by atoms with Crippen molar-refractivity contribution in [1.82, 2.24) is 5.06 Å². The Hall–Kier alpha value is 0.0300. The van der Waals surface area contributed by atoms with Crippen molar-refractivity contribution >= 4 is 7.60 Å². The molecule has 0 aliphatic carbocycles. The molecule has 2 saturated heterocycles. The van der Waals surface area contributed by atoms with Crippen molar-refractivity contribution in [3.8, 4) is 0 Å². The average Bonchev–Trinajstić information content (AvgIpc) is 2.77. The number of nitrogens with zero attached hydrogens (tertiary/aromatic N) is 1. The fraction of sp³-hybridized carbons (Fsp3) is 1.00. The monoisotopic (exact) mass is 223 g/mol. The zero-order valence-electron chi connectivity index (χ0n) is 7.61. The lowest BCUT2D eigenvalue weighted by Gasteiger charge is -2.20. The van der Waals surface area contributed by atoms with Crippen LogP contribution in [0.2, 0.25) is 0 Å². The van der Waals surface area contributed by atoms with Gasteiger partial charge in [-0.1, -0.05) is 6.42 Å². The van der Waals surface area contributed by atoms with Crippen LogP contribution in [-0.2, 0) is 9.30 Å². The first kappa shape index (κ1) is 10.5. The van der Waals surface area contributed by atoms with Crippen LogP contribution in [-0.4, -0.2) is 44.6 Å². The van der Waals surface area contributed by atoms with Crippen LogP contribution >= 0.6 is 7.60 Å². The van der Waals surface area contributed by atoms with Crippen LogP contribution in [0.15, 0.2) is 0 Å². The highest BCUT2D eigenvalue weighted by atomic mass is 31.2. The van der Waals surface area contributed by atoms with Crippen LogP contribution in [0.5, 0.6) is 0 Å². The van der Waals surface area contributed by atoms with Crippen molar-refractivity contribution in [3.05, 3.63) is 0 Å². The van der Waals surface area contributed by atoms with Gasteiger partial charge in [0.2, 0.25) is 0 Å². The fourth-order valence-corrected chi connectivity index (χ4v) is 3.03. The van der Waals surface area contributed by atoms with Gasteiger partial charge in [0.1, 0.15) is 6.10 Å². The third-order valence-corrected chi connectivity index (χ3v) is 4.16. The lowest BCUT2D eigenvalue weighted by Crippen LogP contribution is -2.31. The summed E-state index contributed by atoms with van der Waals surface area (Å²) in [5, 5.41) is 10.4. The second-order valence-corrected chi connectivity index (χ2v) is 5.65. The highest BCUT2D eigenvalue weighted by Crippen LogP contribution is 2.52. The Kier molecular flexibility index (Phi) is 2.68. The summed E-state index contributed by atoms with van der Waals surface area (Å²) < 4.78 is 16.2. The largest absolute Gasteiger partial charge is 0.350 e. The van der Waals surface area contributed by atoms with Crippen LogP contribution < -0.4 is 0 Å². The first-order valence-electron chi connectivity index (χ1n) is 4.66. The van der Waals surface area contributed by atoms with Crippen LogP contribution in [0.3, 0.4) is 0 Å². The molecule has 2 unspecified atom stereocenters. The lowest BCUT2D eigenvalue weighted by molar-refractivity contribution is -0.125. The number of hydroxylamine groups is 2. The van der Waals surface area contributed by atoms with Crippen LogP contribution in [0.4, 0.5) is 0 Å². The normalized spacial score (nSPS) is 39.8. The molecule has 3 N–H and O–H groups in total. The summed E-state index contributed by atoms with van der Waals surface area (Å²) in [6.07, 6.45) is 0.909. The zero-order valence-corrected chi connectivity index (χ0v) is 8.51. The molecule has 0 aromatic rings. The molecule has 2 fully saturated rings. The summed E-state index contributed by atoms with van der Waals surface area (Å²) in [5.74, 6) is 0. The minimum atomic E-state index is -4.09. The van der Waals surface area contributed by atoms with E-state index in [0.717, 1.165) is 11.5 Å². The van der Waals surface area contributed by atoms with E-state index >= 15 is 0 Å². The first-order chi connectivity index (χ1) is 6.50. The van der Waals surface area contributed by atoms with Gasteiger partial charge in [0, 0.05) is 6.54 Å². The van der Waals surface area contributed by atoms with Gasteiger partial charge in [0.15, 0.2) is 6.23 Å². The number of rotatable bonds is 1. The van der Waals surface area contributed by atoms with Crippen molar-refractivity contribution < 1.29 is 24.3 Å². The highest BCUT2D eigenvalue weighted by molar-refractivity contribution is 7.52. The van der Waals surface area contributed by atoms with E-state index in [0.29, 0.717) is 19.4 Å². The Morgan fingerprint density at radius 1 is 1.36 bits per heavy atom. The van der Waals surface area contributed by atoms with E-state index in [1.807, 2.05) is 0 Å². The number of hydrogen-bond acceptors (Lipinski definition) is 4. The van der Waals surface area contributed by atoms with Gasteiger partial charge in [-0.2, -0.15) is 5.06 Å². The van der Waals surface area contributed by atoms with E-state index < -0.39 is 25.6 Å². The van der Waals surface area contributed by atoms with Gasteiger partial charge in [0.25, 0.3) is 0 Å². The second-order valence-electron chi connectivity index (χ2n) is 3.81. The molecule has 3 atom stereocenters. The van der Waals surface area contributed by atoms with Gasteiger partial charge in [-0.25, -0.2) is 0 Å². The van der Waals surface area contributed by atoms with Gasteiger partial charge in [0.05, 0.1) is 5.66 Å². The van der Waals surface area contributed by atoms with E-state index in [1.54, 1.807) is 0 Å². The summed E-state index contributed by atoms with van der Waals surface area (Å²) in [5.41, 5.74) is -0.748. The SMILES string of the molecule is O=P(O)(O)[C@H]1CCCCN(O)C2OC21. The molecule has 0 bridgehead atoms. The molecular weight excluding hydrogens is 209 g/mol. The third-order valence-electron chi connectivity index (χ3n) is 2.74. The molecule has 14 heavy (non-hydrogen) atoms. The molecule has 0 spiro atoms. The third kappa shape index (κ3) is 2.00. The summed E-state index contributed by atoms with van der Waals surface area (Å²) in [7, 11) is -4.09. The molecule has 2 heterocycles. The molecule has 0 saturated carbocycles. The molecule has 6 nitrogen and oxygen atoms in total. The fourth-order valence-electron chi connectivity index (χ4n) is 1.91. The van der Waals surface area contributed by atoms with Crippen molar-refractivity contribution in [3.63, 3.8) is 0 Å². The second kappa shape index (κ2) is 3.56. The minimum Gasteiger partial charge on any atom is -0.350 e. The number of epoxide rings is 1. The van der Waals surface area contributed by atoms with Crippen molar-refractivity contribution in [2.24, 2.45) is 0 Å². The molecule has 2 aliphatic heterocycles. The van der Waals surface area contributed by atoms with Gasteiger partial charge >= 0.3 is 7.60 Å². The van der Waals surface area contributed by atoms with Crippen molar-refractivity contribution in [2.45, 2.75) is 37.3 Å². The Bertz CT molecular complexity index is 267. The maximum atomic E-state index is 11.1. The molecule has 0 aromatic carbocycles. The molecule has 82 valence electrons. The van der Waals surface area contributed by atoms with E-state index in [4.69, 9.17) is 14.5 Å². The molecule has 2 aliphatic rings. The maximum absolute atomic E-state index is 11.1. The standard InChI is InChI=1S/C7H14NO5P/c9-8-4-2-1-3-5(14(10,11)12)6-7(8)13-6/h5-7,9H,1-4H2,(H2,10,11,12)/t5-,6?,7?/m0/s1. The quantitative estimate of drug-likeness (QED) is 0.432. The molecule has 0 radical (unpaired) electrons. The van der Waals surface area contributed by atoms with Crippen molar-refractivity contribution in [2.75, 3.05) is 6.54 Å². The van der Waals surface area contributed by atoms with E-state index in [9.17, 15) is 9.77 Å². The highest BCUT2D eigenvalue weighted by Gasteiger charge is 2.54. The summed E-state index contributed by atoms with van der Waals surface area (Å²) in [6, 6.07) is 0. The minimum absolute atomic E-state index is 0.472. The summed E-state index contributed by atoms with van der Waals surface area (Å²) in [6.45, 7) is 0.509. The molecule has 0 aromatic heterocycles. The number of fused-ring (bicyclic) bond motifs is 1. The molecule has 0 amide bonds. The Morgan fingerprint density at radius 2 is 2.07 bits per heavy atom. The van der Waals surface area contributed by atoms with Gasteiger partial charge in [-0.05, 0) is 12.8 Å². The number of ether oxygens (including phenoxy) is 1. The lowest BCUT2D eigenvalue weighted by atomic mass is 10.1. The Morgan fingerprint density at radius 3 is 2.71 bits per heavy atom. The zero-order chi connectivity index (χ0) is 10.3. The van der Waals surface area contributed by atoms with Gasteiger partial charge in [-0.15, -0.1) is 0 Å². The molecule has 7 heteroatoms.